The van der Waals surface area contributed by atoms with E-state index in [1.165, 1.54) is 133 Å². The minimum atomic E-state index is 0.856. The molecule has 0 bridgehead atoms. The fraction of sp³-hybridized carbons (Fsp3) is 0.0933. The van der Waals surface area contributed by atoms with Crippen LogP contribution in [0, 0.1) is 5.92 Å². The van der Waals surface area contributed by atoms with Crippen LogP contribution in [0.4, 0.5) is 0 Å². The van der Waals surface area contributed by atoms with E-state index in [1.807, 2.05) is 0 Å². The molecule has 15 rings (SSSR count). The Hall–Kier alpha value is -7.88. The largest absolute Gasteiger partial charge is 0.0795 e. The summed E-state index contributed by atoms with van der Waals surface area (Å²) in [5, 5.41) is 0. The zero-order chi connectivity index (χ0) is 51.9. The molecule has 5 aliphatic rings. The molecule has 10 aromatic rings. The van der Waals surface area contributed by atoms with Crippen molar-refractivity contribution in [2.45, 2.75) is 38.5 Å². The summed E-state index contributed by atoms with van der Waals surface area (Å²) in [6.07, 6.45) is 20.7. The summed E-state index contributed by atoms with van der Waals surface area (Å²) in [7, 11) is 0. The number of rotatable bonds is 7. The Morgan fingerprint density at radius 1 is 0.286 bits per heavy atom. The third kappa shape index (κ3) is 11.1. The lowest BCUT2D eigenvalue weighted by Crippen LogP contribution is -1.90. The molecule has 77 heavy (non-hydrogen) atoms. The van der Waals surface area contributed by atoms with Crippen molar-refractivity contribution in [2.75, 3.05) is 0 Å². The standard InChI is InChI=1S/C24H20.C21H15Br.C21H16.C9H7Br/c1-2-7-18(8-3-1)21-10-4-5-11-22(21)23-12-6-9-19-15-20(16-24(19)23)17-13-14-17;22-17-13-16-9-6-12-20(21(16)14-17)19-11-5-4-10-18(19)15-7-2-1-3-8-15;1-2-8-16(9-3-1)18-12-4-5-13-20(18)21-15-7-11-17-10-6-14-19(17)21;10-9-6-2-4-7-3-1-5-8(7)9/h1-12,16-17H,13-15H2;1-12,14H,13H2;1-9,11-15H,10H2;1-2,4-6H,3H2. The Morgan fingerprint density at radius 2 is 0.649 bits per heavy atom. The highest BCUT2D eigenvalue weighted by molar-refractivity contribution is 9.11. The smallest absolute Gasteiger partial charge is 0.0250 e. The first-order chi connectivity index (χ1) is 38.0. The average molecular weight is 1120 g/mol. The van der Waals surface area contributed by atoms with Crippen LogP contribution in [0.2, 0.25) is 0 Å². The quantitative estimate of drug-likeness (QED) is 0.149. The molecule has 1 fully saturated rings. The Kier molecular flexibility index (Phi) is 15.0. The van der Waals surface area contributed by atoms with E-state index < -0.39 is 0 Å². The van der Waals surface area contributed by atoms with Crippen molar-refractivity contribution in [3.63, 3.8) is 0 Å². The van der Waals surface area contributed by atoms with E-state index >= 15 is 0 Å². The monoisotopic (exact) mass is 1120 g/mol. The molecule has 0 amide bonds. The van der Waals surface area contributed by atoms with Crippen molar-refractivity contribution in [1.29, 1.82) is 0 Å². The summed E-state index contributed by atoms with van der Waals surface area (Å²) >= 11 is 7.15. The zero-order valence-corrected chi connectivity index (χ0v) is 46.2. The highest BCUT2D eigenvalue weighted by atomic mass is 79.9. The van der Waals surface area contributed by atoms with Crippen molar-refractivity contribution < 1.29 is 0 Å². The van der Waals surface area contributed by atoms with Gasteiger partial charge in [-0.15, -0.1) is 0 Å². The second-order valence-corrected chi connectivity index (χ2v) is 22.2. The topological polar surface area (TPSA) is 0 Å². The third-order valence-electron chi connectivity index (χ3n) is 15.4. The Labute approximate surface area is 471 Å². The second-order valence-electron chi connectivity index (χ2n) is 20.3. The maximum Gasteiger partial charge on any atom is 0.0250 e. The molecule has 0 atom stereocenters. The van der Waals surface area contributed by atoms with Crippen LogP contribution in [0.25, 0.3) is 91.1 Å². The maximum atomic E-state index is 3.65. The van der Waals surface area contributed by atoms with Gasteiger partial charge in [-0.25, -0.2) is 0 Å². The number of fused-ring (bicyclic) bond motifs is 4. The zero-order valence-electron chi connectivity index (χ0n) is 43.1. The molecular formula is C75H58Br2. The molecule has 0 radical (unpaired) electrons. The highest BCUT2D eigenvalue weighted by Gasteiger charge is 2.30. The number of allylic oxidation sites excluding steroid dienone is 4. The predicted molar refractivity (Wildman–Crippen MR) is 337 cm³/mol. The van der Waals surface area contributed by atoms with Gasteiger partial charge in [0.25, 0.3) is 0 Å². The van der Waals surface area contributed by atoms with Crippen LogP contribution in [0.3, 0.4) is 0 Å². The first kappa shape index (κ1) is 50.0. The van der Waals surface area contributed by atoms with E-state index in [4.69, 9.17) is 0 Å². The van der Waals surface area contributed by atoms with Crippen molar-refractivity contribution >= 4 is 56.2 Å². The molecule has 1 saturated carbocycles. The van der Waals surface area contributed by atoms with Gasteiger partial charge in [0.2, 0.25) is 0 Å². The molecule has 2 heteroatoms. The van der Waals surface area contributed by atoms with Crippen molar-refractivity contribution in [3.05, 3.63) is 308 Å². The lowest BCUT2D eigenvalue weighted by molar-refractivity contribution is 0.962. The van der Waals surface area contributed by atoms with E-state index in [9.17, 15) is 0 Å². The van der Waals surface area contributed by atoms with Crippen molar-refractivity contribution in [2.24, 2.45) is 5.92 Å². The van der Waals surface area contributed by atoms with Gasteiger partial charge in [0.05, 0.1) is 0 Å². The maximum absolute atomic E-state index is 3.65. The molecule has 0 spiro atoms. The van der Waals surface area contributed by atoms with Crippen molar-refractivity contribution in [3.8, 4) is 66.8 Å². The second kappa shape index (κ2) is 23.2. The van der Waals surface area contributed by atoms with Crippen LogP contribution in [-0.4, -0.2) is 0 Å². The Morgan fingerprint density at radius 3 is 1.12 bits per heavy atom. The molecule has 372 valence electrons. The van der Waals surface area contributed by atoms with E-state index in [0.29, 0.717) is 0 Å². The van der Waals surface area contributed by atoms with Gasteiger partial charge >= 0.3 is 0 Å². The number of benzene rings is 10. The van der Waals surface area contributed by atoms with E-state index in [0.717, 1.165) is 31.6 Å². The van der Waals surface area contributed by atoms with Crippen molar-refractivity contribution in [1.82, 2.24) is 0 Å². The minimum absolute atomic E-state index is 0.856. The normalized spacial score (nSPS) is 13.8. The molecule has 0 heterocycles. The van der Waals surface area contributed by atoms with Crippen LogP contribution in [0.5, 0.6) is 0 Å². The van der Waals surface area contributed by atoms with Gasteiger partial charge < -0.3 is 0 Å². The number of halogens is 2. The average Bonchev–Trinajstić information content (AvgIpc) is 3.84. The number of hydrogen-bond donors (Lipinski definition) is 0. The van der Waals surface area contributed by atoms with Crippen LogP contribution in [-0.2, 0) is 25.7 Å². The first-order valence-electron chi connectivity index (χ1n) is 27.0. The first-order valence-corrected chi connectivity index (χ1v) is 28.6. The summed E-state index contributed by atoms with van der Waals surface area (Å²) in [5.41, 5.74) is 28.6. The Bertz CT molecular complexity index is 3870. The lowest BCUT2D eigenvalue weighted by atomic mass is 9.91. The summed E-state index contributed by atoms with van der Waals surface area (Å²) < 4.78 is 2.46. The third-order valence-corrected chi connectivity index (χ3v) is 16.6. The van der Waals surface area contributed by atoms with Crippen LogP contribution >= 0.6 is 31.9 Å². The molecule has 0 unspecified atom stereocenters. The van der Waals surface area contributed by atoms with Gasteiger partial charge in [0.15, 0.2) is 0 Å². The molecule has 0 N–H and O–H groups in total. The highest BCUT2D eigenvalue weighted by Crippen LogP contribution is 2.46. The predicted octanol–water partition coefficient (Wildman–Crippen LogP) is 21.3. The SMILES string of the molecule is BrC1=Cc2c(cccc2-c2ccccc2-c2ccccc2)C1.Brc1cccc2c1C=CC2.C1=C(C2CC2)Cc2cccc(-c3ccccc3-c3ccccc3)c21.C1=Cc2c(cccc2-c2ccccc2-c2ccccc2)C1. The van der Waals surface area contributed by atoms with Gasteiger partial charge in [-0.1, -0.05) is 298 Å². The molecule has 0 nitrogen and oxygen atoms in total. The molecule has 0 aliphatic heterocycles. The Balaban J connectivity index is 0.000000107. The fourth-order valence-corrected chi connectivity index (χ4v) is 12.5. The summed E-state index contributed by atoms with van der Waals surface area (Å²) in [6, 6.07) is 84.4. The van der Waals surface area contributed by atoms with Crippen LogP contribution in [0.15, 0.2) is 263 Å². The van der Waals surface area contributed by atoms with Gasteiger partial charge in [0, 0.05) is 15.4 Å². The van der Waals surface area contributed by atoms with Gasteiger partial charge in [-0.3, -0.25) is 0 Å². The van der Waals surface area contributed by atoms with Crippen LogP contribution in [0.1, 0.15) is 57.3 Å². The van der Waals surface area contributed by atoms with Gasteiger partial charge in [-0.05, 0) is 161 Å². The van der Waals surface area contributed by atoms with Gasteiger partial charge in [0.1, 0.15) is 0 Å². The van der Waals surface area contributed by atoms with E-state index in [2.05, 4.69) is 305 Å². The van der Waals surface area contributed by atoms with E-state index in [-0.39, 0.29) is 0 Å². The van der Waals surface area contributed by atoms with Gasteiger partial charge in [-0.2, -0.15) is 0 Å². The van der Waals surface area contributed by atoms with E-state index in [1.54, 1.807) is 5.57 Å². The summed E-state index contributed by atoms with van der Waals surface area (Å²) in [6.45, 7) is 0. The summed E-state index contributed by atoms with van der Waals surface area (Å²) in [4.78, 5) is 0. The molecule has 0 saturated heterocycles. The number of hydrogen-bond acceptors (Lipinski definition) is 0. The van der Waals surface area contributed by atoms with Crippen LogP contribution < -0.4 is 0 Å². The minimum Gasteiger partial charge on any atom is -0.0795 e. The summed E-state index contributed by atoms with van der Waals surface area (Å²) in [5.74, 6) is 0.856. The molecule has 0 aromatic heterocycles. The lowest BCUT2D eigenvalue weighted by Gasteiger charge is -2.13. The molecule has 5 aliphatic carbocycles. The molecular weight excluding hydrogens is 1060 g/mol. The molecule has 10 aromatic carbocycles. The fourth-order valence-electron chi connectivity index (χ4n) is 11.4.